The first-order valence-electron chi connectivity index (χ1n) is 8.13. The van der Waals surface area contributed by atoms with Gasteiger partial charge in [-0.05, 0) is 44.6 Å². The second-order valence-electron chi connectivity index (χ2n) is 6.14. The first kappa shape index (κ1) is 15.4. The zero-order valence-corrected chi connectivity index (χ0v) is 13.2. The van der Waals surface area contributed by atoms with Crippen molar-refractivity contribution in [1.29, 1.82) is 0 Å². The number of hydrogen-bond acceptors (Lipinski definition) is 2. The van der Waals surface area contributed by atoms with Gasteiger partial charge in [-0.1, -0.05) is 38.0 Å². The monoisotopic (exact) mass is 275 g/mol. The number of nitrogens with one attached hydrogen (secondary N) is 1. The van der Waals surface area contributed by atoms with Crippen LogP contribution in [0.4, 0.5) is 0 Å². The van der Waals surface area contributed by atoms with Crippen LogP contribution < -0.4 is 10.1 Å². The smallest absolute Gasteiger partial charge is 0.123 e. The van der Waals surface area contributed by atoms with E-state index in [1.165, 1.54) is 44.1 Å². The van der Waals surface area contributed by atoms with Crippen LogP contribution in [0.5, 0.6) is 5.75 Å². The molecule has 1 saturated carbocycles. The van der Waals surface area contributed by atoms with Gasteiger partial charge < -0.3 is 10.1 Å². The quantitative estimate of drug-likeness (QED) is 0.812. The van der Waals surface area contributed by atoms with Crippen molar-refractivity contribution in [2.45, 2.75) is 64.5 Å². The zero-order chi connectivity index (χ0) is 14.4. The van der Waals surface area contributed by atoms with Crippen LogP contribution in [-0.2, 0) is 0 Å². The van der Waals surface area contributed by atoms with Crippen LogP contribution in [0.2, 0.25) is 0 Å². The summed E-state index contributed by atoms with van der Waals surface area (Å²) in [4.78, 5) is 0. The van der Waals surface area contributed by atoms with Crippen LogP contribution >= 0.6 is 0 Å². The highest BCUT2D eigenvalue weighted by Gasteiger charge is 2.22. The summed E-state index contributed by atoms with van der Waals surface area (Å²) in [7, 11) is 1.75. The van der Waals surface area contributed by atoms with Crippen LogP contribution in [0, 0.1) is 5.92 Å². The largest absolute Gasteiger partial charge is 0.496 e. The molecule has 1 aromatic carbocycles. The molecule has 1 fully saturated rings. The highest BCUT2D eigenvalue weighted by molar-refractivity contribution is 5.35. The Morgan fingerprint density at radius 3 is 2.55 bits per heavy atom. The molecule has 0 spiro atoms. The van der Waals surface area contributed by atoms with Crippen LogP contribution in [0.15, 0.2) is 24.3 Å². The predicted octanol–water partition coefficient (Wildman–Crippen LogP) is 4.70. The van der Waals surface area contributed by atoms with Crippen LogP contribution in [-0.4, -0.2) is 13.2 Å². The average Bonchev–Trinajstić information content (AvgIpc) is 2.49. The Morgan fingerprint density at radius 2 is 1.90 bits per heavy atom. The molecule has 2 rings (SSSR count). The lowest BCUT2D eigenvalue weighted by molar-refractivity contribution is 0.265. The van der Waals surface area contributed by atoms with Crippen molar-refractivity contribution in [2.75, 3.05) is 7.11 Å². The van der Waals surface area contributed by atoms with E-state index in [2.05, 4.69) is 31.3 Å². The molecule has 1 atom stereocenters. The second kappa shape index (κ2) is 7.68. The summed E-state index contributed by atoms with van der Waals surface area (Å²) >= 11 is 0. The fourth-order valence-electron chi connectivity index (χ4n) is 3.49. The van der Waals surface area contributed by atoms with Crippen molar-refractivity contribution in [1.82, 2.24) is 5.32 Å². The van der Waals surface area contributed by atoms with Gasteiger partial charge in [-0.2, -0.15) is 0 Å². The summed E-state index contributed by atoms with van der Waals surface area (Å²) in [6.45, 7) is 4.55. The van der Waals surface area contributed by atoms with Gasteiger partial charge in [0.15, 0.2) is 0 Å². The Morgan fingerprint density at radius 1 is 1.20 bits per heavy atom. The standard InChI is InChI=1S/C18H29NO/c1-4-7-15-10-12-16(13-11-15)19-14(2)17-8-5-6-9-18(17)20-3/h5-6,8-9,14-16,19H,4,7,10-13H2,1-3H3. The summed E-state index contributed by atoms with van der Waals surface area (Å²) in [5.41, 5.74) is 1.27. The lowest BCUT2D eigenvalue weighted by Gasteiger charge is -2.31. The molecule has 112 valence electrons. The molecule has 0 aliphatic heterocycles. The molecular weight excluding hydrogens is 246 g/mol. The van der Waals surface area contributed by atoms with Gasteiger partial charge in [0.1, 0.15) is 5.75 Å². The number of methoxy groups -OCH3 is 1. The third-order valence-electron chi connectivity index (χ3n) is 4.63. The van der Waals surface area contributed by atoms with Gasteiger partial charge >= 0.3 is 0 Å². The number of para-hydroxylation sites is 1. The molecule has 20 heavy (non-hydrogen) atoms. The van der Waals surface area contributed by atoms with Gasteiger partial charge in [-0.3, -0.25) is 0 Å². The molecular formula is C18H29NO. The highest BCUT2D eigenvalue weighted by Crippen LogP contribution is 2.30. The Bertz CT molecular complexity index is 396. The fourth-order valence-corrected chi connectivity index (χ4v) is 3.49. The zero-order valence-electron chi connectivity index (χ0n) is 13.2. The summed E-state index contributed by atoms with van der Waals surface area (Å²) in [5, 5.41) is 3.79. The van der Waals surface area contributed by atoms with Crippen molar-refractivity contribution >= 4 is 0 Å². The molecule has 1 aromatic rings. The number of rotatable bonds is 6. The van der Waals surface area contributed by atoms with E-state index in [1.54, 1.807) is 7.11 Å². The average molecular weight is 275 g/mol. The number of ether oxygens (including phenoxy) is 1. The van der Waals surface area contributed by atoms with Gasteiger partial charge in [-0.25, -0.2) is 0 Å². The second-order valence-corrected chi connectivity index (χ2v) is 6.14. The van der Waals surface area contributed by atoms with E-state index in [1.807, 2.05) is 12.1 Å². The Balaban J connectivity index is 1.87. The first-order chi connectivity index (χ1) is 9.74. The molecule has 0 saturated heterocycles. The van der Waals surface area contributed by atoms with E-state index >= 15 is 0 Å². The maximum Gasteiger partial charge on any atom is 0.123 e. The number of benzene rings is 1. The van der Waals surface area contributed by atoms with Gasteiger partial charge in [0.05, 0.1) is 7.11 Å². The lowest BCUT2D eigenvalue weighted by Crippen LogP contribution is -2.35. The minimum Gasteiger partial charge on any atom is -0.496 e. The molecule has 2 nitrogen and oxygen atoms in total. The number of hydrogen-bond donors (Lipinski definition) is 1. The van der Waals surface area contributed by atoms with Gasteiger partial charge in [0.25, 0.3) is 0 Å². The third kappa shape index (κ3) is 3.99. The van der Waals surface area contributed by atoms with Gasteiger partial charge in [0.2, 0.25) is 0 Å². The molecule has 2 heteroatoms. The van der Waals surface area contributed by atoms with Crippen molar-refractivity contribution < 1.29 is 4.74 Å². The van der Waals surface area contributed by atoms with Crippen molar-refractivity contribution in [3.63, 3.8) is 0 Å². The van der Waals surface area contributed by atoms with Crippen molar-refractivity contribution in [3.8, 4) is 5.75 Å². The highest BCUT2D eigenvalue weighted by atomic mass is 16.5. The van der Waals surface area contributed by atoms with Crippen molar-refractivity contribution in [3.05, 3.63) is 29.8 Å². The van der Waals surface area contributed by atoms with Gasteiger partial charge in [0, 0.05) is 17.6 Å². The lowest BCUT2D eigenvalue weighted by atomic mass is 9.83. The topological polar surface area (TPSA) is 21.3 Å². The minimum atomic E-state index is 0.360. The molecule has 1 aliphatic rings. The maximum atomic E-state index is 5.46. The van der Waals surface area contributed by atoms with Gasteiger partial charge in [-0.15, -0.1) is 0 Å². The molecule has 0 amide bonds. The SMILES string of the molecule is CCCC1CCC(NC(C)c2ccccc2OC)CC1. The predicted molar refractivity (Wildman–Crippen MR) is 85.2 cm³/mol. The molecule has 1 unspecified atom stereocenters. The van der Waals surface area contributed by atoms with Crippen LogP contribution in [0.3, 0.4) is 0 Å². The summed E-state index contributed by atoms with van der Waals surface area (Å²) < 4.78 is 5.46. The Kier molecular flexibility index (Phi) is 5.90. The maximum absolute atomic E-state index is 5.46. The van der Waals surface area contributed by atoms with Crippen LogP contribution in [0.1, 0.15) is 64.0 Å². The van der Waals surface area contributed by atoms with E-state index in [9.17, 15) is 0 Å². The minimum absolute atomic E-state index is 0.360. The Labute approximate surface area is 123 Å². The normalized spacial score (nSPS) is 24.4. The molecule has 1 N–H and O–H groups in total. The molecule has 0 bridgehead atoms. The molecule has 1 aliphatic carbocycles. The van der Waals surface area contributed by atoms with E-state index in [0.29, 0.717) is 12.1 Å². The fraction of sp³-hybridized carbons (Fsp3) is 0.667. The summed E-state index contributed by atoms with van der Waals surface area (Å²) in [5.74, 6) is 1.96. The van der Waals surface area contributed by atoms with E-state index in [-0.39, 0.29) is 0 Å². The molecule has 0 heterocycles. The van der Waals surface area contributed by atoms with E-state index in [0.717, 1.165) is 11.7 Å². The molecule has 0 radical (unpaired) electrons. The molecule has 0 aromatic heterocycles. The third-order valence-corrected chi connectivity index (χ3v) is 4.63. The van der Waals surface area contributed by atoms with Crippen LogP contribution in [0.25, 0.3) is 0 Å². The van der Waals surface area contributed by atoms with E-state index in [4.69, 9.17) is 4.74 Å². The summed E-state index contributed by atoms with van der Waals surface area (Å²) in [6, 6.07) is 9.37. The van der Waals surface area contributed by atoms with E-state index < -0.39 is 0 Å². The first-order valence-corrected chi connectivity index (χ1v) is 8.13. The van der Waals surface area contributed by atoms with Crippen molar-refractivity contribution in [2.24, 2.45) is 5.92 Å². The summed E-state index contributed by atoms with van der Waals surface area (Å²) in [6.07, 6.45) is 8.18. The Hall–Kier alpha value is -1.02.